The van der Waals surface area contributed by atoms with Crippen LogP contribution in [0.2, 0.25) is 0 Å². The topological polar surface area (TPSA) is 79.1 Å². The van der Waals surface area contributed by atoms with Crippen LogP contribution < -0.4 is 16.6 Å². The summed E-state index contributed by atoms with van der Waals surface area (Å²) in [6.45, 7) is 4.43. The van der Waals surface area contributed by atoms with Crippen molar-refractivity contribution in [2.75, 3.05) is 23.8 Å². The van der Waals surface area contributed by atoms with E-state index in [4.69, 9.17) is 5.84 Å². The number of aromatic nitrogens is 2. The van der Waals surface area contributed by atoms with Crippen LogP contribution in [-0.2, 0) is 6.42 Å². The molecule has 104 valence electrons. The number of anilines is 2. The van der Waals surface area contributed by atoms with Crippen LogP contribution >= 0.6 is 0 Å². The number of nitrogens with zero attached hydrogens (tertiary/aromatic N) is 3. The van der Waals surface area contributed by atoms with Gasteiger partial charge in [0.05, 0.1) is 0 Å². The summed E-state index contributed by atoms with van der Waals surface area (Å²) in [5, 5.41) is 3.56. The van der Waals surface area contributed by atoms with Gasteiger partial charge in [-0.3, -0.25) is 4.90 Å². The molecule has 1 atom stereocenters. The van der Waals surface area contributed by atoms with E-state index in [1.165, 1.54) is 25.8 Å². The number of hydrogen-bond acceptors (Lipinski definition) is 6. The Morgan fingerprint density at radius 2 is 2.11 bits per heavy atom. The van der Waals surface area contributed by atoms with Gasteiger partial charge in [0.2, 0.25) is 0 Å². The van der Waals surface area contributed by atoms with Crippen molar-refractivity contribution in [1.82, 2.24) is 14.9 Å². The summed E-state index contributed by atoms with van der Waals surface area (Å²) in [7, 11) is 0. The van der Waals surface area contributed by atoms with Crippen LogP contribution in [0.15, 0.2) is 6.33 Å². The predicted molar refractivity (Wildman–Crippen MR) is 75.8 cm³/mol. The first-order valence-electron chi connectivity index (χ1n) is 7.13. The van der Waals surface area contributed by atoms with Crippen molar-refractivity contribution in [3.05, 3.63) is 11.9 Å². The SMILES string of the molecule is CCc1c(NN)ncnc1NC1CCN(C2CC2)C1. The third-order valence-corrected chi connectivity index (χ3v) is 4.06. The average molecular weight is 262 g/mol. The molecular formula is C13H22N6. The molecule has 2 heterocycles. The molecule has 1 saturated carbocycles. The highest BCUT2D eigenvalue weighted by molar-refractivity contribution is 5.57. The molecule has 6 heteroatoms. The van der Waals surface area contributed by atoms with Crippen LogP contribution in [0.1, 0.15) is 31.7 Å². The van der Waals surface area contributed by atoms with Crippen molar-refractivity contribution in [3.63, 3.8) is 0 Å². The maximum Gasteiger partial charge on any atom is 0.148 e. The molecule has 1 aliphatic heterocycles. The monoisotopic (exact) mass is 262 g/mol. The van der Waals surface area contributed by atoms with Crippen molar-refractivity contribution in [2.24, 2.45) is 5.84 Å². The third kappa shape index (κ3) is 2.64. The second-order valence-electron chi connectivity index (χ2n) is 5.40. The van der Waals surface area contributed by atoms with Gasteiger partial charge in [-0.25, -0.2) is 15.8 Å². The van der Waals surface area contributed by atoms with E-state index in [1.54, 1.807) is 6.33 Å². The minimum absolute atomic E-state index is 0.492. The average Bonchev–Trinajstić information content (AvgIpc) is 3.19. The maximum absolute atomic E-state index is 5.50. The first-order chi connectivity index (χ1) is 9.31. The smallest absolute Gasteiger partial charge is 0.148 e. The van der Waals surface area contributed by atoms with Gasteiger partial charge in [-0.05, 0) is 25.7 Å². The Bertz CT molecular complexity index is 445. The molecule has 0 bridgehead atoms. The molecule has 0 radical (unpaired) electrons. The standard InChI is InChI=1S/C13H22N6/c1-2-11-12(15-8-16-13(11)18-14)17-9-5-6-19(7-9)10-3-4-10/h8-10H,2-7,14H2,1H3,(H2,15,16,17,18). The minimum atomic E-state index is 0.492. The molecule has 0 amide bonds. The number of nitrogen functional groups attached to an aromatic ring is 1. The molecule has 1 aliphatic carbocycles. The Balaban J connectivity index is 1.69. The number of rotatable bonds is 5. The first-order valence-corrected chi connectivity index (χ1v) is 7.13. The highest BCUT2D eigenvalue weighted by atomic mass is 15.3. The third-order valence-electron chi connectivity index (χ3n) is 4.06. The summed E-state index contributed by atoms with van der Waals surface area (Å²) in [6, 6.07) is 1.34. The van der Waals surface area contributed by atoms with Crippen molar-refractivity contribution in [2.45, 2.75) is 44.7 Å². The van der Waals surface area contributed by atoms with Crippen LogP contribution in [-0.4, -0.2) is 40.0 Å². The van der Waals surface area contributed by atoms with Crippen molar-refractivity contribution >= 4 is 11.6 Å². The van der Waals surface area contributed by atoms with Crippen LogP contribution in [0.4, 0.5) is 11.6 Å². The molecule has 6 nitrogen and oxygen atoms in total. The zero-order valence-electron chi connectivity index (χ0n) is 11.4. The number of hydrazine groups is 1. The fourth-order valence-corrected chi connectivity index (χ4v) is 2.87. The van der Waals surface area contributed by atoms with E-state index < -0.39 is 0 Å². The normalized spacial score (nSPS) is 23.6. The molecule has 2 aliphatic rings. The van der Waals surface area contributed by atoms with Crippen LogP contribution in [0.5, 0.6) is 0 Å². The van der Waals surface area contributed by atoms with Gasteiger partial charge in [0.15, 0.2) is 0 Å². The van der Waals surface area contributed by atoms with Gasteiger partial charge in [0.25, 0.3) is 0 Å². The minimum Gasteiger partial charge on any atom is -0.366 e. The summed E-state index contributed by atoms with van der Waals surface area (Å²) in [5.74, 6) is 7.14. The highest BCUT2D eigenvalue weighted by Crippen LogP contribution is 2.31. The molecule has 1 unspecified atom stereocenters. The molecule has 2 fully saturated rings. The zero-order valence-corrected chi connectivity index (χ0v) is 11.4. The molecular weight excluding hydrogens is 240 g/mol. The van der Waals surface area contributed by atoms with Crippen molar-refractivity contribution < 1.29 is 0 Å². The molecule has 3 rings (SSSR count). The number of likely N-dealkylation sites (tertiary alicyclic amines) is 1. The summed E-state index contributed by atoms with van der Waals surface area (Å²) in [5.41, 5.74) is 3.71. The van der Waals surface area contributed by atoms with Crippen molar-refractivity contribution in [1.29, 1.82) is 0 Å². The fourth-order valence-electron chi connectivity index (χ4n) is 2.87. The number of nitrogens with two attached hydrogens (primary N) is 1. The number of nitrogens with one attached hydrogen (secondary N) is 2. The zero-order chi connectivity index (χ0) is 13.2. The van der Waals surface area contributed by atoms with Crippen LogP contribution in [0.3, 0.4) is 0 Å². The van der Waals surface area contributed by atoms with Crippen molar-refractivity contribution in [3.8, 4) is 0 Å². The predicted octanol–water partition coefficient (Wildman–Crippen LogP) is 0.973. The summed E-state index contributed by atoms with van der Waals surface area (Å²) in [6.07, 6.45) is 6.37. The highest BCUT2D eigenvalue weighted by Gasteiger charge is 2.34. The van der Waals surface area contributed by atoms with E-state index >= 15 is 0 Å². The van der Waals surface area contributed by atoms with Crippen LogP contribution in [0, 0.1) is 0 Å². The van der Waals surface area contributed by atoms with E-state index in [0.717, 1.165) is 36.2 Å². The lowest BCUT2D eigenvalue weighted by Crippen LogP contribution is -2.28. The molecule has 4 N–H and O–H groups in total. The Labute approximate surface area is 113 Å². The summed E-state index contributed by atoms with van der Waals surface area (Å²) >= 11 is 0. The summed E-state index contributed by atoms with van der Waals surface area (Å²) < 4.78 is 0. The second kappa shape index (κ2) is 5.30. The van der Waals surface area contributed by atoms with Gasteiger partial charge < -0.3 is 10.7 Å². The fraction of sp³-hybridized carbons (Fsp3) is 0.692. The molecule has 0 aromatic carbocycles. The Hall–Kier alpha value is -1.40. The van der Waals surface area contributed by atoms with Gasteiger partial charge in [-0.1, -0.05) is 6.92 Å². The van der Waals surface area contributed by atoms with Crippen LogP contribution in [0.25, 0.3) is 0 Å². The Morgan fingerprint density at radius 3 is 2.79 bits per heavy atom. The first kappa shape index (κ1) is 12.6. The Morgan fingerprint density at radius 1 is 1.32 bits per heavy atom. The van der Waals surface area contributed by atoms with E-state index in [1.807, 2.05) is 0 Å². The molecule has 0 spiro atoms. The maximum atomic E-state index is 5.50. The molecule has 1 aromatic heterocycles. The lowest BCUT2D eigenvalue weighted by molar-refractivity contribution is 0.326. The van der Waals surface area contributed by atoms with Gasteiger partial charge in [-0.2, -0.15) is 0 Å². The van der Waals surface area contributed by atoms with E-state index in [2.05, 4.69) is 32.5 Å². The second-order valence-corrected chi connectivity index (χ2v) is 5.40. The van der Waals surface area contributed by atoms with Gasteiger partial charge in [0.1, 0.15) is 18.0 Å². The van der Waals surface area contributed by atoms with Gasteiger partial charge >= 0.3 is 0 Å². The van der Waals surface area contributed by atoms with E-state index in [-0.39, 0.29) is 0 Å². The van der Waals surface area contributed by atoms with Gasteiger partial charge in [0, 0.05) is 30.7 Å². The van der Waals surface area contributed by atoms with Gasteiger partial charge in [-0.15, -0.1) is 0 Å². The van der Waals surface area contributed by atoms with E-state index in [0.29, 0.717) is 6.04 Å². The molecule has 1 saturated heterocycles. The lowest BCUT2D eigenvalue weighted by atomic mass is 10.2. The number of hydrogen-bond donors (Lipinski definition) is 3. The Kier molecular flexibility index (Phi) is 3.52. The quantitative estimate of drug-likeness (QED) is 0.542. The lowest BCUT2D eigenvalue weighted by Gasteiger charge is -2.18. The summed E-state index contributed by atoms with van der Waals surface area (Å²) in [4.78, 5) is 11.1. The molecule has 19 heavy (non-hydrogen) atoms. The molecule has 1 aromatic rings. The van der Waals surface area contributed by atoms with E-state index in [9.17, 15) is 0 Å². The largest absolute Gasteiger partial charge is 0.366 e.